The van der Waals surface area contributed by atoms with Crippen LogP contribution in [0.4, 0.5) is 0 Å². The van der Waals surface area contributed by atoms with Crippen molar-refractivity contribution in [3.05, 3.63) is 63.1 Å². The van der Waals surface area contributed by atoms with Crippen molar-refractivity contribution in [3.63, 3.8) is 0 Å². The normalized spacial score (nSPS) is 12.5. The molecule has 32 heavy (non-hydrogen) atoms. The van der Waals surface area contributed by atoms with Crippen molar-refractivity contribution in [2.75, 3.05) is 20.6 Å². The zero-order chi connectivity index (χ0) is 24.1. The van der Waals surface area contributed by atoms with E-state index in [0.29, 0.717) is 27.1 Å². The number of hydrogen-bond donors (Lipinski definition) is 1. The van der Waals surface area contributed by atoms with Crippen molar-refractivity contribution >= 4 is 56.6 Å². The predicted molar refractivity (Wildman–Crippen MR) is 126 cm³/mol. The molecule has 1 N–H and O–H groups in total. The van der Waals surface area contributed by atoms with Gasteiger partial charge in [0.2, 0.25) is 21.8 Å². The molecule has 0 saturated heterocycles. The maximum atomic E-state index is 13.3. The monoisotopic (exact) mass is 519 g/mol. The fourth-order valence-electron chi connectivity index (χ4n) is 3.09. The van der Waals surface area contributed by atoms with Crippen LogP contribution in [0.2, 0.25) is 15.1 Å². The first-order valence-electron chi connectivity index (χ1n) is 9.68. The first-order valence-corrected chi connectivity index (χ1v) is 12.3. The number of rotatable bonds is 9. The molecule has 0 aliphatic rings. The molecule has 1 atom stereocenters. The number of benzene rings is 2. The van der Waals surface area contributed by atoms with Crippen molar-refractivity contribution in [2.24, 2.45) is 0 Å². The van der Waals surface area contributed by atoms with Crippen LogP contribution < -0.4 is 5.32 Å². The van der Waals surface area contributed by atoms with Gasteiger partial charge in [0.05, 0.1) is 11.4 Å². The number of nitrogens with zero attached hydrogens (tertiary/aromatic N) is 2. The van der Waals surface area contributed by atoms with Crippen LogP contribution in [0.15, 0.2) is 47.4 Å². The lowest BCUT2D eigenvalue weighted by atomic mass is 10.1. The number of sulfonamides is 1. The average molecular weight is 521 g/mol. The maximum Gasteiger partial charge on any atom is 0.243 e. The summed E-state index contributed by atoms with van der Waals surface area (Å²) in [6, 6.07) is 9.71. The predicted octanol–water partition coefficient (Wildman–Crippen LogP) is 3.82. The van der Waals surface area contributed by atoms with E-state index < -0.39 is 28.5 Å². The highest BCUT2D eigenvalue weighted by atomic mass is 35.5. The second-order valence-electron chi connectivity index (χ2n) is 6.98. The molecule has 2 aromatic carbocycles. The van der Waals surface area contributed by atoms with E-state index in [1.54, 1.807) is 25.1 Å². The molecule has 0 unspecified atom stereocenters. The van der Waals surface area contributed by atoms with E-state index in [2.05, 4.69) is 5.32 Å². The Balaban J connectivity index is 2.36. The number of carbonyl (C=O) groups excluding carboxylic acids is 2. The molecule has 11 heteroatoms. The summed E-state index contributed by atoms with van der Waals surface area (Å²) in [5.41, 5.74) is 0.467. The van der Waals surface area contributed by atoms with Gasteiger partial charge in [-0.05, 0) is 42.8 Å². The van der Waals surface area contributed by atoms with E-state index in [4.69, 9.17) is 34.8 Å². The van der Waals surface area contributed by atoms with E-state index in [0.717, 1.165) is 4.31 Å². The zero-order valence-corrected chi connectivity index (χ0v) is 20.9. The van der Waals surface area contributed by atoms with Crippen LogP contribution in [0.1, 0.15) is 18.9 Å². The molecule has 0 aromatic heterocycles. The average Bonchev–Trinajstić information content (AvgIpc) is 2.75. The summed E-state index contributed by atoms with van der Waals surface area (Å²) in [7, 11) is -1.20. The Morgan fingerprint density at radius 3 is 2.09 bits per heavy atom. The van der Waals surface area contributed by atoms with Gasteiger partial charge in [0.1, 0.15) is 6.04 Å². The maximum absolute atomic E-state index is 13.3. The smallest absolute Gasteiger partial charge is 0.243 e. The van der Waals surface area contributed by atoms with Crippen molar-refractivity contribution in [1.82, 2.24) is 14.5 Å². The molecule has 0 bridgehead atoms. The van der Waals surface area contributed by atoms with Crippen molar-refractivity contribution in [2.45, 2.75) is 30.8 Å². The summed E-state index contributed by atoms with van der Waals surface area (Å²) >= 11 is 18.4. The lowest BCUT2D eigenvalue weighted by molar-refractivity contribution is -0.141. The van der Waals surface area contributed by atoms with Gasteiger partial charge in [-0.25, -0.2) is 8.42 Å². The molecule has 2 amide bonds. The third kappa shape index (κ3) is 6.14. The number of likely N-dealkylation sites (N-methyl/N-ethyl adjacent to an activating group) is 2. The molecule has 0 spiro atoms. The van der Waals surface area contributed by atoms with E-state index in [9.17, 15) is 18.0 Å². The largest absolute Gasteiger partial charge is 0.357 e. The lowest BCUT2D eigenvalue weighted by Gasteiger charge is -2.32. The van der Waals surface area contributed by atoms with Crippen LogP contribution in [0.25, 0.3) is 0 Å². The molecular weight excluding hydrogens is 497 g/mol. The molecular formula is C21H24Cl3N3O4S. The SMILES string of the molecule is CC[C@H](C(=O)NC)N(Cc1c(Cl)cccc1Cl)C(=O)CN(C)S(=O)(=O)c1ccc(Cl)cc1. The van der Waals surface area contributed by atoms with Crippen LogP contribution in [-0.4, -0.2) is 56.1 Å². The van der Waals surface area contributed by atoms with Crippen molar-refractivity contribution in [3.8, 4) is 0 Å². The molecule has 174 valence electrons. The van der Waals surface area contributed by atoms with Crippen LogP contribution in [0.5, 0.6) is 0 Å². The van der Waals surface area contributed by atoms with Gasteiger partial charge >= 0.3 is 0 Å². The Morgan fingerprint density at radius 2 is 1.59 bits per heavy atom. The van der Waals surface area contributed by atoms with E-state index >= 15 is 0 Å². The molecule has 0 saturated carbocycles. The Hall–Kier alpha value is -1.84. The van der Waals surface area contributed by atoms with Gasteiger partial charge < -0.3 is 10.2 Å². The fourth-order valence-corrected chi connectivity index (χ4v) is 4.86. The van der Waals surface area contributed by atoms with E-state index in [1.165, 1.54) is 43.3 Å². The first-order chi connectivity index (χ1) is 15.0. The Labute approximate surface area is 203 Å². The summed E-state index contributed by atoms with van der Waals surface area (Å²) in [6.07, 6.45) is 0.307. The third-order valence-electron chi connectivity index (χ3n) is 4.90. The lowest BCUT2D eigenvalue weighted by Crippen LogP contribution is -2.51. The highest BCUT2D eigenvalue weighted by Gasteiger charge is 2.32. The van der Waals surface area contributed by atoms with Gasteiger partial charge in [-0.3, -0.25) is 9.59 Å². The highest BCUT2D eigenvalue weighted by molar-refractivity contribution is 7.89. The summed E-state index contributed by atoms with van der Waals surface area (Å²) in [4.78, 5) is 27.0. The quantitative estimate of drug-likeness (QED) is 0.544. The van der Waals surface area contributed by atoms with E-state index in [1.807, 2.05) is 0 Å². The molecule has 0 heterocycles. The second kappa shape index (κ2) is 11.3. The molecule has 7 nitrogen and oxygen atoms in total. The Kier molecular flexibility index (Phi) is 9.36. The number of halogens is 3. The van der Waals surface area contributed by atoms with Crippen molar-refractivity contribution in [1.29, 1.82) is 0 Å². The van der Waals surface area contributed by atoms with E-state index in [-0.39, 0.29) is 17.3 Å². The number of hydrogen-bond acceptors (Lipinski definition) is 4. The number of amides is 2. The molecule has 0 aliphatic heterocycles. The first kappa shape index (κ1) is 26.4. The Bertz CT molecular complexity index is 1060. The third-order valence-corrected chi connectivity index (χ3v) is 7.68. The van der Waals surface area contributed by atoms with Crippen LogP contribution in [0.3, 0.4) is 0 Å². The second-order valence-corrected chi connectivity index (χ2v) is 10.3. The molecule has 0 aliphatic carbocycles. The fraction of sp³-hybridized carbons (Fsp3) is 0.333. The van der Waals surface area contributed by atoms with Crippen molar-refractivity contribution < 1.29 is 18.0 Å². The van der Waals surface area contributed by atoms with Gasteiger partial charge in [-0.2, -0.15) is 4.31 Å². The van der Waals surface area contributed by atoms with Gasteiger partial charge in [0, 0.05) is 41.3 Å². The molecule has 0 radical (unpaired) electrons. The Morgan fingerprint density at radius 1 is 1.03 bits per heavy atom. The van der Waals surface area contributed by atoms with Gasteiger partial charge in [0.25, 0.3) is 0 Å². The topological polar surface area (TPSA) is 86.8 Å². The molecule has 0 fully saturated rings. The minimum atomic E-state index is -3.96. The summed E-state index contributed by atoms with van der Waals surface area (Å²) in [6.45, 7) is 1.21. The van der Waals surface area contributed by atoms with Crippen LogP contribution in [0, 0.1) is 0 Å². The zero-order valence-electron chi connectivity index (χ0n) is 17.8. The molecule has 2 aromatic rings. The highest BCUT2D eigenvalue weighted by Crippen LogP contribution is 2.27. The number of carbonyl (C=O) groups is 2. The van der Waals surface area contributed by atoms with Gasteiger partial charge in [-0.1, -0.05) is 47.8 Å². The molecule has 2 rings (SSSR count). The minimum Gasteiger partial charge on any atom is -0.357 e. The van der Waals surface area contributed by atoms with Gasteiger partial charge in [0.15, 0.2) is 0 Å². The standard InChI is InChI=1S/C21H24Cl3N3O4S/c1-4-19(21(29)25-2)27(12-16-17(23)6-5-7-18(16)24)20(28)13-26(3)32(30,31)15-10-8-14(22)9-11-15/h5-11,19H,4,12-13H2,1-3H3,(H,25,29)/t19-/m1/s1. The minimum absolute atomic E-state index is 0.00348. The summed E-state index contributed by atoms with van der Waals surface area (Å²) in [5.74, 6) is -0.955. The van der Waals surface area contributed by atoms with Gasteiger partial charge in [-0.15, -0.1) is 0 Å². The van der Waals surface area contributed by atoms with Crippen LogP contribution in [-0.2, 0) is 26.2 Å². The number of nitrogens with one attached hydrogen (secondary N) is 1. The van der Waals surface area contributed by atoms with Crippen LogP contribution >= 0.6 is 34.8 Å². The summed E-state index contributed by atoms with van der Waals surface area (Å²) in [5, 5.41) is 3.60. The summed E-state index contributed by atoms with van der Waals surface area (Å²) < 4.78 is 26.7.